The highest BCUT2D eigenvalue weighted by Gasteiger charge is 2.45. The summed E-state index contributed by atoms with van der Waals surface area (Å²) in [4.78, 5) is 15.8. The third kappa shape index (κ3) is 23.5. The number of hydrogen-bond acceptors (Lipinski definition) is 15. The average Bonchev–Trinajstić information content (AvgIpc) is 1.75. The van der Waals surface area contributed by atoms with Gasteiger partial charge >= 0.3 is 18.5 Å². The Morgan fingerprint density at radius 2 is 0.719 bits per heavy atom. The Bertz CT molecular complexity index is 5000. The van der Waals surface area contributed by atoms with E-state index in [1.165, 1.54) is 103 Å². The second-order valence-electron chi connectivity index (χ2n) is 36.2. The molecule has 3 unspecified atom stereocenters. The standard InChI is InChI=1S/C33H42F3NO2SSi.C27H28F3NO2S.C26H39NO4S2Si.C8H7F3O/c1-32(2,3)41(4,5)39-28-12-8-11-27-30(28)29(24-17-18-40-21-24)26(31(37-27)23-9-6-7-10-23)20-38-19-22-13-15-25(16-14-22)33(34,35)36;28-27(29,30)20-10-8-17(9-11-20)14-33-15-21-24(19-12-13-34-16-19)25-22(6-3-7-23(25)32)31-26(21)18-4-1-2-5-18;1-26(2,3)34(5,6)31-22-13-9-12-21-24(22)23(19-14-15-32-17-19)20(16-30-33(4,28)29)25(27-21)18-10-7-8-11-18;9-8(10,11)7-3-1-6(5-12)2-4-7/h13-18,21,23,28H,6-12,19-20H2,1-5H3;8-13,16,18,23,32H,1-7,14-15H2;14-15,17-18,22H,7-13,16H2,1-6H3;1-4,12H,5H2. The minimum absolute atomic E-state index is 0.00617. The van der Waals surface area contributed by atoms with Crippen molar-refractivity contribution in [2.75, 3.05) is 6.26 Å². The van der Waals surface area contributed by atoms with Crippen LogP contribution in [0.4, 0.5) is 39.5 Å². The number of ether oxygens (including phenoxy) is 2. The summed E-state index contributed by atoms with van der Waals surface area (Å²) in [7, 11) is -7.66. The molecule has 9 aromatic rings. The predicted molar refractivity (Wildman–Crippen MR) is 469 cm³/mol. The van der Waals surface area contributed by atoms with Crippen molar-refractivity contribution < 1.29 is 80.7 Å². The lowest BCUT2D eigenvalue weighted by Crippen LogP contribution is -2.42. The summed E-state index contributed by atoms with van der Waals surface area (Å²) in [6, 6.07) is 21.2. The van der Waals surface area contributed by atoms with E-state index in [1.807, 2.05) is 5.38 Å². The number of aryl methyl sites for hydroxylation is 3. The average molecular weight is 1790 g/mol. The number of nitrogens with zero attached hydrogens (tertiary/aromatic N) is 3. The summed E-state index contributed by atoms with van der Waals surface area (Å²) < 4.78 is 170. The Kier molecular flexibility index (Phi) is 30.8. The van der Waals surface area contributed by atoms with Crippen LogP contribution in [-0.4, -0.2) is 56.5 Å². The van der Waals surface area contributed by atoms with Crippen molar-refractivity contribution in [3.05, 3.63) is 224 Å². The first kappa shape index (κ1) is 93.8. The Morgan fingerprint density at radius 1 is 0.413 bits per heavy atom. The molecule has 27 heteroatoms. The van der Waals surface area contributed by atoms with Gasteiger partial charge in [-0.2, -0.15) is 81.9 Å². The molecule has 121 heavy (non-hydrogen) atoms. The first-order valence-electron chi connectivity index (χ1n) is 42.5. The number of hydrogen-bond donors (Lipinski definition) is 2. The molecule has 12 nitrogen and oxygen atoms in total. The van der Waals surface area contributed by atoms with Gasteiger partial charge in [0, 0.05) is 85.3 Å². The van der Waals surface area contributed by atoms with E-state index >= 15 is 0 Å². The van der Waals surface area contributed by atoms with Gasteiger partial charge in [0.25, 0.3) is 10.1 Å². The largest absolute Gasteiger partial charge is 0.416 e. The van der Waals surface area contributed by atoms with Crippen LogP contribution in [0.5, 0.6) is 0 Å². The van der Waals surface area contributed by atoms with Crippen molar-refractivity contribution in [1.82, 2.24) is 15.0 Å². The van der Waals surface area contributed by atoms with Gasteiger partial charge in [0.15, 0.2) is 16.6 Å². The van der Waals surface area contributed by atoms with Crippen LogP contribution >= 0.6 is 34.0 Å². The van der Waals surface area contributed by atoms with Gasteiger partial charge < -0.3 is 28.5 Å². The fourth-order valence-electron chi connectivity index (χ4n) is 17.2. The highest BCUT2D eigenvalue weighted by molar-refractivity contribution is 7.85. The smallest absolute Gasteiger partial charge is 0.410 e. The maximum Gasteiger partial charge on any atom is 0.416 e. The topological polar surface area (TPSA) is 159 Å². The van der Waals surface area contributed by atoms with Gasteiger partial charge in [0.2, 0.25) is 0 Å². The molecule has 0 spiro atoms. The minimum atomic E-state index is -4.35. The molecule has 0 amide bonds. The molecule has 3 atom stereocenters. The van der Waals surface area contributed by atoms with E-state index in [0.717, 1.165) is 218 Å². The van der Waals surface area contributed by atoms with Gasteiger partial charge in [-0.25, -0.2) is 0 Å². The first-order chi connectivity index (χ1) is 57.2. The van der Waals surface area contributed by atoms with Gasteiger partial charge in [0.05, 0.1) is 80.9 Å². The zero-order valence-electron chi connectivity index (χ0n) is 71.3. The van der Waals surface area contributed by atoms with Crippen molar-refractivity contribution in [3.63, 3.8) is 0 Å². The molecule has 0 aliphatic heterocycles. The summed E-state index contributed by atoms with van der Waals surface area (Å²) in [5, 5.41) is 32.4. The van der Waals surface area contributed by atoms with Crippen LogP contribution in [0.3, 0.4) is 0 Å². The molecule has 6 aromatic heterocycles. The number of fused-ring (bicyclic) bond motifs is 3. The number of halogens is 9. The normalized spacial score (nSPS) is 18.4. The van der Waals surface area contributed by atoms with Gasteiger partial charge in [0.1, 0.15) is 0 Å². The Labute approximate surface area is 722 Å². The molecule has 0 bridgehead atoms. The zero-order valence-corrected chi connectivity index (χ0v) is 76.6. The van der Waals surface area contributed by atoms with Crippen molar-refractivity contribution in [3.8, 4) is 33.4 Å². The molecule has 3 aromatic carbocycles. The van der Waals surface area contributed by atoms with E-state index in [4.69, 9.17) is 42.6 Å². The highest BCUT2D eigenvalue weighted by atomic mass is 32.2. The number of aromatic nitrogens is 3. The van der Waals surface area contributed by atoms with Crippen LogP contribution in [0.2, 0.25) is 36.3 Å². The molecular formula is C94H116F9N3O9S4Si2. The highest BCUT2D eigenvalue weighted by Crippen LogP contribution is 2.53. The summed E-state index contributed by atoms with van der Waals surface area (Å²) in [5.74, 6) is 1.15. The molecule has 656 valence electrons. The van der Waals surface area contributed by atoms with E-state index in [9.17, 15) is 53.0 Å². The maximum atomic E-state index is 13.1. The van der Waals surface area contributed by atoms with Gasteiger partial charge in [-0.15, -0.1) is 0 Å². The minimum Gasteiger partial charge on any atom is -0.410 e. The maximum absolute atomic E-state index is 13.1. The Balaban J connectivity index is 0.000000156. The van der Waals surface area contributed by atoms with Crippen LogP contribution in [0, 0.1) is 0 Å². The molecule has 2 N–H and O–H groups in total. The van der Waals surface area contributed by atoms with E-state index in [2.05, 4.69) is 113 Å². The number of thiophene rings is 3. The molecule has 15 rings (SSSR count). The number of rotatable bonds is 22. The van der Waals surface area contributed by atoms with E-state index in [0.29, 0.717) is 42.1 Å². The van der Waals surface area contributed by atoms with Crippen molar-refractivity contribution >= 4 is 60.8 Å². The van der Waals surface area contributed by atoms with E-state index in [1.54, 1.807) is 34.0 Å². The fourth-order valence-corrected chi connectivity index (χ4v) is 22.1. The van der Waals surface area contributed by atoms with Crippen LogP contribution < -0.4 is 0 Å². The molecule has 0 radical (unpaired) electrons. The number of aliphatic hydroxyl groups is 2. The molecular weight excluding hydrogens is 1670 g/mol. The molecule has 3 fully saturated rings. The monoisotopic (exact) mass is 1790 g/mol. The summed E-state index contributed by atoms with van der Waals surface area (Å²) >= 11 is 4.97. The Morgan fingerprint density at radius 3 is 1.02 bits per heavy atom. The first-order valence-corrected chi connectivity index (χ1v) is 53.0. The van der Waals surface area contributed by atoms with Crippen molar-refractivity contribution in [1.29, 1.82) is 0 Å². The second kappa shape index (κ2) is 39.7. The summed E-state index contributed by atoms with van der Waals surface area (Å²) in [6.45, 7) is 23.8. The van der Waals surface area contributed by atoms with Gasteiger partial charge in [-0.05, 0) is 270 Å². The van der Waals surface area contributed by atoms with E-state index in [-0.39, 0.29) is 48.7 Å². The SMILES string of the molecule is CC(C)(C)[Si](C)(C)OC1CCCc2nc(C3CCCC3)c(COCc3ccc(C(F)(F)F)cc3)c(-c3ccsc3)c21.CC(C)(C)[Si](C)(C)OC1CCCc2nc(C3CCCC3)c(COS(C)(=O)=O)c(-c3ccsc3)c21.OC1CCCc2nc(C3CCCC3)c(COCc3ccc(C(F)(F)F)cc3)c(-c3ccsc3)c21.OCc1ccc(C(F)(F)F)cc1. The quantitative estimate of drug-likeness (QED) is 0.0376. The number of alkyl halides is 9. The lowest BCUT2D eigenvalue weighted by atomic mass is 9.82. The van der Waals surface area contributed by atoms with Crippen molar-refractivity contribution in [2.45, 2.75) is 307 Å². The summed E-state index contributed by atoms with van der Waals surface area (Å²) in [6.07, 6.45) is 9.90. The van der Waals surface area contributed by atoms with Crippen molar-refractivity contribution in [2.24, 2.45) is 0 Å². The lowest BCUT2D eigenvalue weighted by Gasteiger charge is -2.41. The molecule has 6 aliphatic carbocycles. The molecule has 3 saturated carbocycles. The predicted octanol–water partition coefficient (Wildman–Crippen LogP) is 27.7. The molecule has 0 saturated heterocycles. The number of benzene rings is 3. The Hall–Kier alpha value is -6.32. The summed E-state index contributed by atoms with van der Waals surface area (Å²) in [5.41, 5.74) is 19.7. The van der Waals surface area contributed by atoms with Gasteiger partial charge in [-0.1, -0.05) is 116 Å². The molecule has 6 heterocycles. The second-order valence-corrected chi connectivity index (χ2v) is 49.7. The van der Waals surface area contributed by atoms with Crippen LogP contribution in [-0.2, 0) is 110 Å². The number of pyridine rings is 3. The zero-order chi connectivity index (χ0) is 87.0. The lowest BCUT2D eigenvalue weighted by molar-refractivity contribution is -0.138. The van der Waals surface area contributed by atoms with Crippen LogP contribution in [0.25, 0.3) is 33.4 Å². The third-order valence-electron chi connectivity index (χ3n) is 25.6. The van der Waals surface area contributed by atoms with Crippen LogP contribution in [0.15, 0.2) is 123 Å². The van der Waals surface area contributed by atoms with Gasteiger partial charge in [-0.3, -0.25) is 19.1 Å². The van der Waals surface area contributed by atoms with E-state index < -0.39 is 68.1 Å². The fraction of sp³-hybridized carbons (Fsp3) is 0.521. The molecule has 6 aliphatic rings. The third-order valence-corrected chi connectivity index (χ3v) is 37.2. The number of aliphatic hydroxyl groups excluding tert-OH is 2. The van der Waals surface area contributed by atoms with Crippen LogP contribution in [0.1, 0.15) is 294 Å².